The summed E-state index contributed by atoms with van der Waals surface area (Å²) in [5, 5.41) is 4.64. The van der Waals surface area contributed by atoms with E-state index in [4.69, 9.17) is 0 Å². The minimum Gasteiger partial charge on any atom is -0.275 e. The fraction of sp³-hybridized carbons (Fsp3) is 0.222. The molecule has 4 rings (SSSR count). The molecule has 3 aromatic rings. The average molecular weight is 275 g/mol. The summed E-state index contributed by atoms with van der Waals surface area (Å²) in [5.41, 5.74) is 7.60. The second-order valence-electron chi connectivity index (χ2n) is 5.64. The number of pyridine rings is 1. The van der Waals surface area contributed by atoms with Crippen LogP contribution in [0, 0.1) is 0 Å². The van der Waals surface area contributed by atoms with Crippen molar-refractivity contribution >= 4 is 0 Å². The van der Waals surface area contributed by atoms with Crippen LogP contribution in [0.15, 0.2) is 48.9 Å². The number of aromatic nitrogens is 3. The highest BCUT2D eigenvalue weighted by Crippen LogP contribution is 2.33. The van der Waals surface area contributed by atoms with Gasteiger partial charge in [0.05, 0.1) is 0 Å². The molecule has 0 aliphatic heterocycles. The zero-order chi connectivity index (χ0) is 14.2. The van der Waals surface area contributed by atoms with Crippen LogP contribution < -0.4 is 0 Å². The predicted octanol–water partition coefficient (Wildman–Crippen LogP) is 3.64. The molecule has 3 heteroatoms. The van der Waals surface area contributed by atoms with E-state index in [2.05, 4.69) is 34.5 Å². The van der Waals surface area contributed by atoms with E-state index in [0.717, 1.165) is 11.3 Å². The number of hydrogen-bond acceptors (Lipinski definition) is 2. The van der Waals surface area contributed by atoms with Crippen molar-refractivity contribution in [2.24, 2.45) is 7.05 Å². The lowest BCUT2D eigenvalue weighted by Gasteiger charge is -2.05. The highest BCUT2D eigenvalue weighted by atomic mass is 15.2. The van der Waals surface area contributed by atoms with Gasteiger partial charge in [-0.25, -0.2) is 0 Å². The standard InChI is InChI=1S/C18H17N3/c1-21-12-17(18(20-21)14-7-9-19-10-8-14)16-6-5-13-3-2-4-15(13)11-16/h5-12H,2-4H2,1H3. The first-order valence-electron chi connectivity index (χ1n) is 7.37. The van der Waals surface area contributed by atoms with E-state index in [1.165, 1.54) is 41.5 Å². The number of rotatable bonds is 2. The molecule has 1 aromatic carbocycles. The zero-order valence-electron chi connectivity index (χ0n) is 12.1. The topological polar surface area (TPSA) is 30.7 Å². The molecule has 1 aliphatic carbocycles. The Morgan fingerprint density at radius 2 is 1.76 bits per heavy atom. The minimum atomic E-state index is 1.03. The van der Waals surface area contributed by atoms with Gasteiger partial charge in [0, 0.05) is 36.8 Å². The molecule has 104 valence electrons. The lowest BCUT2D eigenvalue weighted by atomic mass is 9.99. The second-order valence-corrected chi connectivity index (χ2v) is 5.64. The first kappa shape index (κ1) is 12.3. The summed E-state index contributed by atoms with van der Waals surface area (Å²) in [7, 11) is 1.97. The molecule has 0 amide bonds. The van der Waals surface area contributed by atoms with Gasteiger partial charge in [0.25, 0.3) is 0 Å². The summed E-state index contributed by atoms with van der Waals surface area (Å²) >= 11 is 0. The average Bonchev–Trinajstić information content (AvgIpc) is 3.13. The van der Waals surface area contributed by atoms with E-state index in [-0.39, 0.29) is 0 Å². The van der Waals surface area contributed by atoms with E-state index >= 15 is 0 Å². The van der Waals surface area contributed by atoms with Gasteiger partial charge in [-0.1, -0.05) is 18.2 Å². The van der Waals surface area contributed by atoms with Gasteiger partial charge >= 0.3 is 0 Å². The van der Waals surface area contributed by atoms with E-state index in [1.807, 2.05) is 36.3 Å². The molecule has 1 aliphatic rings. The van der Waals surface area contributed by atoms with E-state index in [0.29, 0.717) is 0 Å². The third-order valence-electron chi connectivity index (χ3n) is 4.19. The molecule has 0 fully saturated rings. The Bertz CT molecular complexity index is 787. The van der Waals surface area contributed by atoms with Crippen LogP contribution in [0.5, 0.6) is 0 Å². The summed E-state index contributed by atoms with van der Waals surface area (Å²) < 4.78 is 1.89. The van der Waals surface area contributed by atoms with Crippen molar-refractivity contribution in [2.45, 2.75) is 19.3 Å². The molecule has 3 nitrogen and oxygen atoms in total. The Morgan fingerprint density at radius 1 is 0.952 bits per heavy atom. The largest absolute Gasteiger partial charge is 0.275 e. The molecule has 2 aromatic heterocycles. The van der Waals surface area contributed by atoms with Crippen LogP contribution in [0.1, 0.15) is 17.5 Å². The summed E-state index contributed by atoms with van der Waals surface area (Å²) in [6.07, 6.45) is 9.44. The number of hydrogen-bond donors (Lipinski definition) is 0. The molecule has 0 bridgehead atoms. The molecule has 2 heterocycles. The van der Waals surface area contributed by atoms with Crippen LogP contribution in [0.25, 0.3) is 22.4 Å². The monoisotopic (exact) mass is 275 g/mol. The fourth-order valence-corrected chi connectivity index (χ4v) is 3.16. The van der Waals surface area contributed by atoms with Gasteiger partial charge in [0.15, 0.2) is 0 Å². The van der Waals surface area contributed by atoms with Crippen molar-refractivity contribution in [2.75, 3.05) is 0 Å². The van der Waals surface area contributed by atoms with Gasteiger partial charge in [-0.3, -0.25) is 9.67 Å². The van der Waals surface area contributed by atoms with Crippen molar-refractivity contribution in [3.8, 4) is 22.4 Å². The molecule has 0 N–H and O–H groups in total. The molecule has 21 heavy (non-hydrogen) atoms. The number of aryl methyl sites for hydroxylation is 3. The van der Waals surface area contributed by atoms with Crippen molar-refractivity contribution in [1.29, 1.82) is 0 Å². The van der Waals surface area contributed by atoms with Crippen LogP contribution >= 0.6 is 0 Å². The quantitative estimate of drug-likeness (QED) is 0.715. The van der Waals surface area contributed by atoms with Gasteiger partial charge < -0.3 is 0 Å². The molecule has 0 saturated heterocycles. The van der Waals surface area contributed by atoms with E-state index in [1.54, 1.807) is 0 Å². The second kappa shape index (κ2) is 4.85. The molecule has 0 unspecified atom stereocenters. The first-order valence-corrected chi connectivity index (χ1v) is 7.37. The highest BCUT2D eigenvalue weighted by Gasteiger charge is 2.15. The van der Waals surface area contributed by atoms with Crippen LogP contribution in [0.4, 0.5) is 0 Å². The number of nitrogens with zero attached hydrogens (tertiary/aromatic N) is 3. The third kappa shape index (κ3) is 2.15. The van der Waals surface area contributed by atoms with Crippen LogP contribution in [0.3, 0.4) is 0 Å². The maximum absolute atomic E-state index is 4.64. The van der Waals surface area contributed by atoms with Gasteiger partial charge in [0.1, 0.15) is 5.69 Å². The molecule has 0 saturated carbocycles. The fourth-order valence-electron chi connectivity index (χ4n) is 3.16. The Morgan fingerprint density at radius 3 is 2.62 bits per heavy atom. The van der Waals surface area contributed by atoms with Crippen molar-refractivity contribution in [1.82, 2.24) is 14.8 Å². The van der Waals surface area contributed by atoms with Crippen molar-refractivity contribution in [3.05, 3.63) is 60.0 Å². The van der Waals surface area contributed by atoms with Gasteiger partial charge in [0.2, 0.25) is 0 Å². The molecule has 0 atom stereocenters. The smallest absolute Gasteiger partial charge is 0.100 e. The van der Waals surface area contributed by atoms with Crippen LogP contribution in [-0.4, -0.2) is 14.8 Å². The predicted molar refractivity (Wildman–Crippen MR) is 83.9 cm³/mol. The zero-order valence-corrected chi connectivity index (χ0v) is 12.1. The van der Waals surface area contributed by atoms with Gasteiger partial charge in [-0.05, 0) is 48.1 Å². The summed E-state index contributed by atoms with van der Waals surface area (Å²) in [6, 6.07) is 10.9. The van der Waals surface area contributed by atoms with Crippen LogP contribution in [-0.2, 0) is 19.9 Å². The summed E-state index contributed by atoms with van der Waals surface area (Å²) in [6.45, 7) is 0. The molecular formula is C18H17N3. The Labute approximate surface area is 124 Å². The molecular weight excluding hydrogens is 258 g/mol. The Balaban J connectivity index is 1.86. The third-order valence-corrected chi connectivity index (χ3v) is 4.19. The van der Waals surface area contributed by atoms with Gasteiger partial charge in [-0.15, -0.1) is 0 Å². The Kier molecular flexibility index (Phi) is 2.85. The SMILES string of the molecule is Cn1cc(-c2ccc3c(c2)CCC3)c(-c2ccncc2)n1. The van der Waals surface area contributed by atoms with E-state index in [9.17, 15) is 0 Å². The van der Waals surface area contributed by atoms with Crippen molar-refractivity contribution in [3.63, 3.8) is 0 Å². The maximum Gasteiger partial charge on any atom is 0.100 e. The summed E-state index contributed by atoms with van der Waals surface area (Å²) in [4.78, 5) is 4.09. The molecule has 0 radical (unpaired) electrons. The maximum atomic E-state index is 4.64. The normalized spacial score (nSPS) is 13.4. The lowest BCUT2D eigenvalue weighted by molar-refractivity contribution is 0.771. The minimum absolute atomic E-state index is 1.03. The highest BCUT2D eigenvalue weighted by molar-refractivity contribution is 5.80. The lowest BCUT2D eigenvalue weighted by Crippen LogP contribution is -1.88. The summed E-state index contributed by atoms with van der Waals surface area (Å²) in [5.74, 6) is 0. The Hall–Kier alpha value is -2.42. The molecule has 0 spiro atoms. The van der Waals surface area contributed by atoms with Crippen LogP contribution in [0.2, 0.25) is 0 Å². The van der Waals surface area contributed by atoms with Gasteiger partial charge in [-0.2, -0.15) is 5.10 Å². The van der Waals surface area contributed by atoms with Crippen molar-refractivity contribution < 1.29 is 0 Å². The first-order chi connectivity index (χ1) is 10.3. The number of fused-ring (bicyclic) bond motifs is 1. The van der Waals surface area contributed by atoms with E-state index < -0.39 is 0 Å². The number of benzene rings is 1.